The van der Waals surface area contributed by atoms with Crippen LogP contribution in [0.4, 0.5) is 0 Å². The lowest BCUT2D eigenvalue weighted by atomic mass is 10.0. The van der Waals surface area contributed by atoms with Crippen molar-refractivity contribution >= 4 is 5.97 Å². The van der Waals surface area contributed by atoms with Gasteiger partial charge >= 0.3 is 5.97 Å². The van der Waals surface area contributed by atoms with E-state index in [1.807, 2.05) is 0 Å². The molecule has 134 valence electrons. The Morgan fingerprint density at radius 3 is 2.39 bits per heavy atom. The first-order valence-corrected chi connectivity index (χ1v) is 8.95. The molecule has 0 aliphatic carbocycles. The second kappa shape index (κ2) is 11.6. The molecule has 3 N–H and O–H groups in total. The molecular weight excluding hydrogens is 296 g/mol. The number of cyclic esters (lactones) is 1. The lowest BCUT2D eigenvalue weighted by Crippen LogP contribution is -2.33. The van der Waals surface area contributed by atoms with E-state index in [0.29, 0.717) is 6.42 Å². The van der Waals surface area contributed by atoms with Gasteiger partial charge in [-0.25, -0.2) is 0 Å². The summed E-state index contributed by atoms with van der Waals surface area (Å²) < 4.78 is 5.31. The summed E-state index contributed by atoms with van der Waals surface area (Å²) in [6, 6.07) is 0. The average Bonchev–Trinajstić information content (AvgIpc) is 2.49. The third-order valence-electron chi connectivity index (χ3n) is 4.20. The number of rotatable bonds is 8. The first-order valence-electron chi connectivity index (χ1n) is 8.95. The van der Waals surface area contributed by atoms with E-state index in [9.17, 15) is 20.1 Å². The van der Waals surface area contributed by atoms with Crippen molar-refractivity contribution in [2.45, 2.75) is 95.5 Å². The summed E-state index contributed by atoms with van der Waals surface area (Å²) in [5, 5.41) is 29.5. The minimum absolute atomic E-state index is 0.0702. The summed E-state index contributed by atoms with van der Waals surface area (Å²) in [4.78, 5) is 11.8. The first-order chi connectivity index (χ1) is 11.0. The van der Waals surface area contributed by atoms with Crippen LogP contribution < -0.4 is 0 Å². The zero-order chi connectivity index (χ0) is 17.1. The van der Waals surface area contributed by atoms with Gasteiger partial charge < -0.3 is 20.1 Å². The molecule has 0 aromatic heterocycles. The molecule has 1 aliphatic rings. The third kappa shape index (κ3) is 9.08. The third-order valence-corrected chi connectivity index (χ3v) is 4.20. The number of aliphatic hydroxyl groups excluding tert-OH is 3. The van der Waals surface area contributed by atoms with Gasteiger partial charge in [0.1, 0.15) is 12.2 Å². The molecule has 0 aromatic carbocycles. The van der Waals surface area contributed by atoms with Crippen LogP contribution >= 0.6 is 0 Å². The zero-order valence-corrected chi connectivity index (χ0v) is 14.2. The van der Waals surface area contributed by atoms with Crippen LogP contribution in [-0.2, 0) is 9.53 Å². The van der Waals surface area contributed by atoms with Crippen LogP contribution in [0.5, 0.6) is 0 Å². The number of carbonyl (C=O) groups excluding carboxylic acids is 1. The normalized spacial score (nSPS) is 30.7. The molecule has 1 rings (SSSR count). The van der Waals surface area contributed by atoms with Gasteiger partial charge in [-0.3, -0.25) is 4.79 Å². The number of carbonyl (C=O) groups is 1. The van der Waals surface area contributed by atoms with Gasteiger partial charge in [0.2, 0.25) is 0 Å². The Kier molecular flexibility index (Phi) is 10.2. The molecule has 4 atom stereocenters. The molecule has 1 heterocycles. The van der Waals surface area contributed by atoms with Crippen LogP contribution in [0, 0.1) is 0 Å². The fraction of sp³-hybridized carbons (Fsp3) is 0.833. The van der Waals surface area contributed by atoms with Gasteiger partial charge in [-0.15, -0.1) is 0 Å². The van der Waals surface area contributed by atoms with Crippen LogP contribution in [0.2, 0.25) is 0 Å². The first kappa shape index (κ1) is 20.1. The number of hydrogen-bond acceptors (Lipinski definition) is 5. The summed E-state index contributed by atoms with van der Waals surface area (Å²) >= 11 is 0. The second-order valence-corrected chi connectivity index (χ2v) is 6.47. The maximum atomic E-state index is 11.8. The van der Waals surface area contributed by atoms with Crippen LogP contribution in [0.25, 0.3) is 0 Å². The molecule has 0 saturated carbocycles. The van der Waals surface area contributed by atoms with Crippen LogP contribution in [0.1, 0.15) is 71.1 Å². The summed E-state index contributed by atoms with van der Waals surface area (Å²) in [5.41, 5.74) is 0. The van der Waals surface area contributed by atoms with E-state index >= 15 is 0 Å². The molecule has 23 heavy (non-hydrogen) atoms. The van der Waals surface area contributed by atoms with E-state index in [4.69, 9.17) is 4.74 Å². The van der Waals surface area contributed by atoms with Gasteiger partial charge in [0.15, 0.2) is 0 Å². The average molecular weight is 328 g/mol. The fourth-order valence-corrected chi connectivity index (χ4v) is 2.82. The van der Waals surface area contributed by atoms with Crippen molar-refractivity contribution in [2.75, 3.05) is 0 Å². The Balaban J connectivity index is 2.41. The molecule has 0 saturated heterocycles. The van der Waals surface area contributed by atoms with E-state index < -0.39 is 30.4 Å². The maximum Gasteiger partial charge on any atom is 0.308 e. The molecule has 0 bridgehead atoms. The van der Waals surface area contributed by atoms with Gasteiger partial charge in [0.05, 0.1) is 18.6 Å². The van der Waals surface area contributed by atoms with Crippen molar-refractivity contribution in [3.63, 3.8) is 0 Å². The summed E-state index contributed by atoms with van der Waals surface area (Å²) in [6.45, 7) is 2.19. The van der Waals surface area contributed by atoms with E-state index in [1.165, 1.54) is 37.8 Å². The van der Waals surface area contributed by atoms with E-state index in [0.717, 1.165) is 19.3 Å². The summed E-state index contributed by atoms with van der Waals surface area (Å²) in [7, 11) is 0. The Morgan fingerprint density at radius 1 is 1.04 bits per heavy atom. The molecule has 0 amide bonds. The Bertz CT molecular complexity index is 355. The van der Waals surface area contributed by atoms with Gasteiger partial charge in [-0.2, -0.15) is 0 Å². The maximum absolute atomic E-state index is 11.8. The quantitative estimate of drug-likeness (QED) is 0.362. The van der Waals surface area contributed by atoms with Crippen molar-refractivity contribution in [3.8, 4) is 0 Å². The zero-order valence-electron chi connectivity index (χ0n) is 14.2. The van der Waals surface area contributed by atoms with Crippen molar-refractivity contribution in [1.82, 2.24) is 0 Å². The summed E-state index contributed by atoms with van der Waals surface area (Å²) in [6.07, 6.45) is 8.23. The lowest BCUT2D eigenvalue weighted by molar-refractivity contribution is -0.156. The molecule has 1 aliphatic heterocycles. The molecule has 0 aromatic rings. The Hall–Kier alpha value is -0.910. The Morgan fingerprint density at radius 2 is 1.70 bits per heavy atom. The number of esters is 1. The Labute approximate surface area is 139 Å². The molecule has 0 fully saturated rings. The standard InChI is InChI=1S/C18H32O5/c1-2-3-4-5-6-7-8-9-17-16(21)11-10-14(19)12-15(20)13-18(22)23-17/h10-11,14-17,19-21H,2-9,12-13H2,1H3/b11-10-/t14-,15+,16+,17+/m1/s1. The van der Waals surface area contributed by atoms with Gasteiger partial charge in [-0.05, 0) is 12.8 Å². The van der Waals surface area contributed by atoms with Gasteiger partial charge in [0, 0.05) is 6.42 Å². The monoisotopic (exact) mass is 328 g/mol. The largest absolute Gasteiger partial charge is 0.459 e. The molecule has 0 spiro atoms. The number of aliphatic hydroxyl groups is 3. The van der Waals surface area contributed by atoms with Gasteiger partial charge in [0.25, 0.3) is 0 Å². The lowest BCUT2D eigenvalue weighted by Gasteiger charge is -2.24. The highest BCUT2D eigenvalue weighted by atomic mass is 16.6. The molecule has 5 heteroatoms. The minimum atomic E-state index is -0.920. The van der Waals surface area contributed by atoms with Crippen LogP contribution in [0.15, 0.2) is 12.2 Å². The molecule has 0 unspecified atom stereocenters. The van der Waals surface area contributed by atoms with E-state index in [1.54, 1.807) is 0 Å². The number of hydrogen-bond donors (Lipinski definition) is 3. The molecule has 5 nitrogen and oxygen atoms in total. The summed E-state index contributed by atoms with van der Waals surface area (Å²) in [5.74, 6) is -0.521. The van der Waals surface area contributed by atoms with E-state index in [2.05, 4.69) is 6.92 Å². The topological polar surface area (TPSA) is 87.0 Å². The highest BCUT2D eigenvalue weighted by Gasteiger charge is 2.25. The minimum Gasteiger partial charge on any atom is -0.459 e. The smallest absolute Gasteiger partial charge is 0.308 e. The second-order valence-electron chi connectivity index (χ2n) is 6.47. The SMILES string of the molecule is CCCCCCCCC[C@@H]1OC(=O)C[C@@H](O)C[C@H](O)/C=C\[C@@H]1O. The van der Waals surface area contributed by atoms with Crippen molar-refractivity contribution in [2.24, 2.45) is 0 Å². The van der Waals surface area contributed by atoms with Gasteiger partial charge in [-0.1, -0.05) is 57.6 Å². The van der Waals surface area contributed by atoms with Crippen LogP contribution in [-0.4, -0.2) is 45.7 Å². The van der Waals surface area contributed by atoms with Crippen molar-refractivity contribution < 1.29 is 24.9 Å². The highest BCUT2D eigenvalue weighted by Crippen LogP contribution is 2.17. The van der Waals surface area contributed by atoms with Crippen LogP contribution in [0.3, 0.4) is 0 Å². The van der Waals surface area contributed by atoms with E-state index in [-0.39, 0.29) is 12.8 Å². The highest BCUT2D eigenvalue weighted by molar-refractivity contribution is 5.70. The number of ether oxygens (including phenoxy) is 1. The fourth-order valence-electron chi connectivity index (χ4n) is 2.82. The predicted octanol–water partition coefficient (Wildman–Crippen LogP) is 2.47. The van der Waals surface area contributed by atoms with Crippen molar-refractivity contribution in [3.05, 3.63) is 12.2 Å². The molecule has 0 radical (unpaired) electrons. The van der Waals surface area contributed by atoms with Crippen molar-refractivity contribution in [1.29, 1.82) is 0 Å². The number of unbranched alkanes of at least 4 members (excludes halogenated alkanes) is 6. The predicted molar refractivity (Wildman–Crippen MR) is 88.9 cm³/mol. The molecular formula is C18H32O5.